The fourth-order valence-electron chi connectivity index (χ4n) is 3.92. The van der Waals surface area contributed by atoms with Crippen molar-refractivity contribution in [2.75, 3.05) is 17.6 Å². The number of benzene rings is 3. The molecular formula is C24H27BN2O. The van der Waals surface area contributed by atoms with Crippen molar-refractivity contribution in [1.29, 1.82) is 0 Å². The number of rotatable bonds is 7. The summed E-state index contributed by atoms with van der Waals surface area (Å²) in [6.45, 7) is 2.28. The second kappa shape index (κ2) is 8.43. The first-order chi connectivity index (χ1) is 13.8. The van der Waals surface area contributed by atoms with Crippen LogP contribution in [0.1, 0.15) is 38.2 Å². The molecule has 0 aliphatic carbocycles. The second-order valence-electron chi connectivity index (χ2n) is 7.31. The van der Waals surface area contributed by atoms with Crippen LogP contribution in [0.15, 0.2) is 66.7 Å². The van der Waals surface area contributed by atoms with Crippen LogP contribution in [0, 0.1) is 0 Å². The van der Waals surface area contributed by atoms with E-state index in [4.69, 9.17) is 4.74 Å². The summed E-state index contributed by atoms with van der Waals surface area (Å²) in [6.07, 6.45) is 7.19. The SMILES string of the molecule is CCCCC/C=C(/B1Nc2cccc3cccc(c23)N1)c1ccc(OC)cc1. The van der Waals surface area contributed by atoms with E-state index in [0.29, 0.717) is 0 Å². The fraction of sp³-hybridized carbons (Fsp3) is 0.250. The average Bonchev–Trinajstić information content (AvgIpc) is 2.74. The molecule has 3 aromatic carbocycles. The maximum atomic E-state index is 5.34. The number of unbranched alkanes of at least 4 members (excludes halogenated alkanes) is 3. The monoisotopic (exact) mass is 370 g/mol. The molecule has 3 aromatic rings. The summed E-state index contributed by atoms with van der Waals surface area (Å²) in [5.74, 6) is 0.883. The Morgan fingerprint density at radius 1 is 0.929 bits per heavy atom. The molecule has 28 heavy (non-hydrogen) atoms. The van der Waals surface area contributed by atoms with Crippen molar-refractivity contribution in [3.05, 3.63) is 72.3 Å². The third-order valence-corrected chi connectivity index (χ3v) is 5.41. The Morgan fingerprint density at radius 2 is 1.61 bits per heavy atom. The van der Waals surface area contributed by atoms with Crippen molar-refractivity contribution in [2.45, 2.75) is 32.6 Å². The molecule has 1 heterocycles. The van der Waals surface area contributed by atoms with E-state index in [2.05, 4.69) is 72.0 Å². The highest BCUT2D eigenvalue weighted by atomic mass is 16.5. The van der Waals surface area contributed by atoms with Gasteiger partial charge in [-0.25, -0.2) is 0 Å². The molecule has 0 atom stereocenters. The smallest absolute Gasteiger partial charge is 0.406 e. The number of hydrogen-bond donors (Lipinski definition) is 2. The standard InChI is InChI=1S/C24H27BN2O/c1-3-4-5-6-11-21(18-14-16-20(28-2)17-15-18)25-26-22-12-7-9-19-10-8-13-23(27-25)24(19)22/h7-17,26-27H,3-6H2,1-2H3/b21-11+. The molecule has 0 aromatic heterocycles. The number of nitrogens with one attached hydrogen (secondary N) is 2. The lowest BCUT2D eigenvalue weighted by atomic mass is 9.62. The van der Waals surface area contributed by atoms with Gasteiger partial charge in [0.1, 0.15) is 5.75 Å². The van der Waals surface area contributed by atoms with Crippen LogP contribution in [0.25, 0.3) is 16.2 Å². The van der Waals surface area contributed by atoms with Crippen LogP contribution < -0.4 is 15.2 Å². The van der Waals surface area contributed by atoms with E-state index >= 15 is 0 Å². The molecule has 1 aliphatic heterocycles. The Labute approximate surface area is 167 Å². The van der Waals surface area contributed by atoms with Crippen LogP contribution >= 0.6 is 0 Å². The van der Waals surface area contributed by atoms with E-state index < -0.39 is 0 Å². The topological polar surface area (TPSA) is 33.3 Å². The van der Waals surface area contributed by atoms with Gasteiger partial charge in [-0.15, -0.1) is 0 Å². The Balaban J connectivity index is 1.68. The van der Waals surface area contributed by atoms with Crippen LogP contribution in [0.4, 0.5) is 11.4 Å². The van der Waals surface area contributed by atoms with Gasteiger partial charge in [-0.3, -0.25) is 0 Å². The van der Waals surface area contributed by atoms with Gasteiger partial charge in [0.25, 0.3) is 0 Å². The van der Waals surface area contributed by atoms with Crippen molar-refractivity contribution in [1.82, 2.24) is 0 Å². The quantitative estimate of drug-likeness (QED) is 0.374. The minimum absolute atomic E-state index is 0.0375. The van der Waals surface area contributed by atoms with Gasteiger partial charge in [-0.1, -0.05) is 62.2 Å². The Kier molecular flexibility index (Phi) is 5.56. The van der Waals surface area contributed by atoms with Gasteiger partial charge >= 0.3 is 6.98 Å². The summed E-state index contributed by atoms with van der Waals surface area (Å²) < 4.78 is 5.34. The van der Waals surface area contributed by atoms with Crippen LogP contribution in [0.3, 0.4) is 0 Å². The molecule has 0 amide bonds. The second-order valence-corrected chi connectivity index (χ2v) is 7.31. The van der Waals surface area contributed by atoms with Gasteiger partial charge in [0.15, 0.2) is 0 Å². The Hall–Kier alpha value is -2.88. The minimum atomic E-state index is 0.0375. The lowest BCUT2D eigenvalue weighted by Gasteiger charge is -2.28. The fourth-order valence-corrected chi connectivity index (χ4v) is 3.92. The van der Waals surface area contributed by atoms with Crippen molar-refractivity contribution in [3.63, 3.8) is 0 Å². The molecule has 4 rings (SSSR count). The highest BCUT2D eigenvalue weighted by Gasteiger charge is 2.28. The van der Waals surface area contributed by atoms with E-state index in [1.54, 1.807) is 7.11 Å². The summed E-state index contributed by atoms with van der Waals surface area (Å²) in [5, 5.41) is 9.96. The van der Waals surface area contributed by atoms with Crippen molar-refractivity contribution in [3.8, 4) is 5.75 Å². The molecule has 4 heteroatoms. The molecule has 0 saturated heterocycles. The van der Waals surface area contributed by atoms with Crippen LogP contribution in [0.5, 0.6) is 5.75 Å². The number of allylic oxidation sites excluding steroid dienone is 1. The molecule has 0 spiro atoms. The van der Waals surface area contributed by atoms with E-state index in [9.17, 15) is 0 Å². The minimum Gasteiger partial charge on any atom is -0.497 e. The zero-order chi connectivity index (χ0) is 19.3. The number of methoxy groups -OCH3 is 1. The molecule has 1 aliphatic rings. The summed E-state index contributed by atoms with van der Waals surface area (Å²) >= 11 is 0. The summed E-state index contributed by atoms with van der Waals surface area (Å²) in [4.78, 5) is 0. The molecule has 3 nitrogen and oxygen atoms in total. The zero-order valence-electron chi connectivity index (χ0n) is 16.7. The van der Waals surface area contributed by atoms with Crippen molar-refractivity contribution < 1.29 is 4.74 Å². The molecule has 0 radical (unpaired) electrons. The third-order valence-electron chi connectivity index (χ3n) is 5.41. The first kappa shape index (κ1) is 18.5. The van der Waals surface area contributed by atoms with Gasteiger partial charge in [-0.05, 0) is 53.5 Å². The Bertz CT molecular complexity index is 941. The summed E-state index contributed by atoms with van der Waals surface area (Å²) in [6, 6.07) is 21.3. The number of ether oxygens (including phenoxy) is 1. The third kappa shape index (κ3) is 3.73. The average molecular weight is 370 g/mol. The predicted octanol–water partition coefficient (Wildman–Crippen LogP) is 6.38. The highest BCUT2D eigenvalue weighted by molar-refractivity contribution is 6.85. The predicted molar refractivity (Wildman–Crippen MR) is 122 cm³/mol. The zero-order valence-corrected chi connectivity index (χ0v) is 16.7. The maximum absolute atomic E-state index is 5.34. The maximum Gasteiger partial charge on any atom is 0.406 e. The molecular weight excluding hydrogens is 343 g/mol. The van der Waals surface area contributed by atoms with Crippen LogP contribution in [-0.2, 0) is 0 Å². The molecule has 0 saturated carbocycles. The molecule has 0 fully saturated rings. The lowest BCUT2D eigenvalue weighted by molar-refractivity contribution is 0.415. The van der Waals surface area contributed by atoms with Gasteiger partial charge in [-0.2, -0.15) is 0 Å². The van der Waals surface area contributed by atoms with Gasteiger partial charge in [0.05, 0.1) is 7.11 Å². The first-order valence-electron chi connectivity index (χ1n) is 10.2. The van der Waals surface area contributed by atoms with E-state index in [-0.39, 0.29) is 6.98 Å². The largest absolute Gasteiger partial charge is 0.497 e. The van der Waals surface area contributed by atoms with Gasteiger partial charge in [0.2, 0.25) is 0 Å². The number of hydrogen-bond acceptors (Lipinski definition) is 3. The van der Waals surface area contributed by atoms with Crippen LogP contribution in [-0.4, -0.2) is 14.1 Å². The van der Waals surface area contributed by atoms with E-state index in [0.717, 1.165) is 12.2 Å². The van der Waals surface area contributed by atoms with E-state index in [1.807, 2.05) is 12.1 Å². The van der Waals surface area contributed by atoms with Gasteiger partial charge < -0.3 is 15.2 Å². The lowest BCUT2D eigenvalue weighted by Crippen LogP contribution is -2.38. The molecule has 0 bridgehead atoms. The molecule has 142 valence electrons. The Morgan fingerprint density at radius 3 is 2.21 bits per heavy atom. The molecule has 2 N–H and O–H groups in total. The first-order valence-corrected chi connectivity index (χ1v) is 10.2. The summed E-state index contributed by atoms with van der Waals surface area (Å²) in [7, 11) is 1.71. The van der Waals surface area contributed by atoms with Crippen molar-refractivity contribution in [2.24, 2.45) is 0 Å². The van der Waals surface area contributed by atoms with Crippen LogP contribution in [0.2, 0.25) is 0 Å². The van der Waals surface area contributed by atoms with Gasteiger partial charge in [0, 0.05) is 16.8 Å². The van der Waals surface area contributed by atoms with Crippen molar-refractivity contribution >= 4 is 34.6 Å². The summed E-state index contributed by atoms with van der Waals surface area (Å²) in [5.41, 5.74) is 4.87. The highest BCUT2D eigenvalue weighted by Crippen LogP contribution is 2.36. The molecule has 0 unspecified atom stereocenters. The normalized spacial score (nSPS) is 13.2. The number of anilines is 2. The van der Waals surface area contributed by atoms with E-state index in [1.165, 1.54) is 52.4 Å².